The Labute approximate surface area is 109 Å². The van der Waals surface area contributed by atoms with E-state index in [1.807, 2.05) is 0 Å². The van der Waals surface area contributed by atoms with E-state index in [1.165, 1.54) is 19.1 Å². The average molecular weight is 278 g/mol. The number of benzene rings is 1. The summed E-state index contributed by atoms with van der Waals surface area (Å²) in [5, 5.41) is 20.9. The maximum Gasteiger partial charge on any atom is 0.416 e. The van der Waals surface area contributed by atoms with Gasteiger partial charge in [-0.25, -0.2) is 0 Å². The molecule has 0 aromatic heterocycles. The fraction of sp³-hybridized carbons (Fsp3) is 0.500. The predicted octanol–water partition coefficient (Wildman–Crippen LogP) is 1.32. The molecule has 0 aliphatic heterocycles. The highest BCUT2D eigenvalue weighted by Crippen LogP contribution is 2.34. The molecule has 0 heterocycles. The van der Waals surface area contributed by atoms with Crippen molar-refractivity contribution in [2.45, 2.75) is 25.2 Å². The van der Waals surface area contributed by atoms with E-state index in [2.05, 4.69) is 5.32 Å². The van der Waals surface area contributed by atoms with Gasteiger partial charge in [0.05, 0.1) is 24.3 Å². The van der Waals surface area contributed by atoms with E-state index >= 15 is 0 Å². The monoisotopic (exact) mass is 278 g/mol. The molecule has 4 nitrogen and oxygen atoms in total. The first-order valence-electron chi connectivity index (χ1n) is 5.66. The molecule has 1 rings (SSSR count). The van der Waals surface area contributed by atoms with Crippen LogP contribution in [0.25, 0.3) is 0 Å². The molecule has 108 valence electrons. The van der Waals surface area contributed by atoms with Gasteiger partial charge in [0, 0.05) is 12.2 Å². The van der Waals surface area contributed by atoms with Crippen LogP contribution in [0.15, 0.2) is 18.2 Å². The second kappa shape index (κ2) is 5.77. The number of anilines is 1. The van der Waals surface area contributed by atoms with E-state index < -0.39 is 30.5 Å². The largest absolute Gasteiger partial charge is 0.416 e. The Morgan fingerprint density at radius 1 is 1.21 bits per heavy atom. The molecule has 0 aliphatic carbocycles. The Kier molecular flexibility index (Phi) is 4.78. The van der Waals surface area contributed by atoms with E-state index in [4.69, 9.17) is 15.9 Å². The fourth-order valence-corrected chi connectivity index (χ4v) is 1.57. The van der Waals surface area contributed by atoms with Gasteiger partial charge in [-0.2, -0.15) is 13.2 Å². The summed E-state index contributed by atoms with van der Waals surface area (Å²) in [6.45, 7) is 0.455. The molecule has 0 fully saturated rings. The van der Waals surface area contributed by atoms with Crippen LogP contribution in [0.5, 0.6) is 0 Å². The number of nitrogens with two attached hydrogens (primary N) is 1. The summed E-state index contributed by atoms with van der Waals surface area (Å²) < 4.78 is 38.5. The molecule has 0 radical (unpaired) electrons. The lowest BCUT2D eigenvalue weighted by Gasteiger charge is -2.28. The highest BCUT2D eigenvalue weighted by molar-refractivity contribution is 5.51. The SMILES string of the molecule is CC(CO)(CO)Nc1ccc(CN)c(C(F)(F)F)c1. The third kappa shape index (κ3) is 3.82. The normalized spacial score (nSPS) is 12.6. The number of aliphatic hydroxyl groups is 2. The van der Waals surface area contributed by atoms with Crippen molar-refractivity contribution in [2.24, 2.45) is 5.73 Å². The van der Waals surface area contributed by atoms with Gasteiger partial charge in [-0.1, -0.05) is 6.07 Å². The van der Waals surface area contributed by atoms with Crippen LogP contribution < -0.4 is 11.1 Å². The lowest BCUT2D eigenvalue weighted by molar-refractivity contribution is -0.138. The van der Waals surface area contributed by atoms with Crippen molar-refractivity contribution in [3.05, 3.63) is 29.3 Å². The summed E-state index contributed by atoms with van der Waals surface area (Å²) in [4.78, 5) is 0. The Bertz CT molecular complexity index is 431. The molecule has 5 N–H and O–H groups in total. The van der Waals surface area contributed by atoms with Crippen molar-refractivity contribution < 1.29 is 23.4 Å². The van der Waals surface area contributed by atoms with Crippen molar-refractivity contribution in [2.75, 3.05) is 18.5 Å². The van der Waals surface area contributed by atoms with E-state index in [0.29, 0.717) is 0 Å². The molecular formula is C12H17F3N2O2. The van der Waals surface area contributed by atoms with Crippen molar-refractivity contribution in [3.63, 3.8) is 0 Å². The number of hydrogen-bond donors (Lipinski definition) is 4. The molecule has 0 aliphatic rings. The fourth-order valence-electron chi connectivity index (χ4n) is 1.57. The third-order valence-electron chi connectivity index (χ3n) is 2.78. The van der Waals surface area contributed by atoms with Gasteiger partial charge in [-0.3, -0.25) is 0 Å². The van der Waals surface area contributed by atoms with Crippen molar-refractivity contribution in [1.29, 1.82) is 0 Å². The topological polar surface area (TPSA) is 78.5 Å². The van der Waals surface area contributed by atoms with Gasteiger partial charge in [0.15, 0.2) is 0 Å². The van der Waals surface area contributed by atoms with E-state index in [0.717, 1.165) is 6.07 Å². The Morgan fingerprint density at radius 3 is 2.21 bits per heavy atom. The van der Waals surface area contributed by atoms with Crippen LogP contribution in [0.1, 0.15) is 18.1 Å². The molecular weight excluding hydrogens is 261 g/mol. The first-order valence-corrected chi connectivity index (χ1v) is 5.66. The van der Waals surface area contributed by atoms with Gasteiger partial charge in [-0.05, 0) is 24.6 Å². The molecule has 0 atom stereocenters. The summed E-state index contributed by atoms with van der Waals surface area (Å²) in [7, 11) is 0. The molecule has 0 saturated heterocycles. The number of nitrogens with one attached hydrogen (secondary N) is 1. The van der Waals surface area contributed by atoms with Crippen LogP contribution in [-0.4, -0.2) is 29.0 Å². The molecule has 0 saturated carbocycles. The molecule has 1 aromatic carbocycles. The maximum atomic E-state index is 12.8. The molecule has 0 unspecified atom stereocenters. The smallest absolute Gasteiger partial charge is 0.394 e. The van der Waals surface area contributed by atoms with Crippen LogP contribution in [0, 0.1) is 0 Å². The number of rotatable bonds is 5. The van der Waals surface area contributed by atoms with Crippen molar-refractivity contribution in [3.8, 4) is 0 Å². The first kappa shape index (κ1) is 15.7. The first-order chi connectivity index (χ1) is 8.75. The molecule has 0 amide bonds. The summed E-state index contributed by atoms with van der Waals surface area (Å²) in [5.74, 6) is 0. The lowest BCUT2D eigenvalue weighted by atomic mass is 10.0. The number of hydrogen-bond acceptors (Lipinski definition) is 4. The minimum absolute atomic E-state index is 0.00671. The van der Waals surface area contributed by atoms with E-state index in [1.54, 1.807) is 0 Å². The number of alkyl halides is 3. The maximum absolute atomic E-state index is 12.8. The van der Waals surface area contributed by atoms with Gasteiger partial charge in [0.25, 0.3) is 0 Å². The van der Waals surface area contributed by atoms with Crippen LogP contribution in [0.4, 0.5) is 18.9 Å². The number of aliphatic hydroxyl groups excluding tert-OH is 2. The Morgan fingerprint density at radius 2 is 1.79 bits per heavy atom. The zero-order valence-corrected chi connectivity index (χ0v) is 10.5. The predicted molar refractivity (Wildman–Crippen MR) is 65.5 cm³/mol. The minimum Gasteiger partial charge on any atom is -0.394 e. The van der Waals surface area contributed by atoms with Gasteiger partial charge in [0.1, 0.15) is 0 Å². The van der Waals surface area contributed by atoms with E-state index in [-0.39, 0.29) is 17.8 Å². The number of halogens is 3. The van der Waals surface area contributed by atoms with Gasteiger partial charge >= 0.3 is 6.18 Å². The van der Waals surface area contributed by atoms with Crippen molar-refractivity contribution >= 4 is 5.69 Å². The van der Waals surface area contributed by atoms with Crippen LogP contribution in [-0.2, 0) is 12.7 Å². The average Bonchev–Trinajstić information content (AvgIpc) is 2.37. The van der Waals surface area contributed by atoms with Crippen molar-refractivity contribution in [1.82, 2.24) is 0 Å². The minimum atomic E-state index is -4.50. The highest BCUT2D eigenvalue weighted by Gasteiger charge is 2.33. The van der Waals surface area contributed by atoms with Gasteiger partial charge in [0.2, 0.25) is 0 Å². The van der Waals surface area contributed by atoms with Crippen LogP contribution in [0.2, 0.25) is 0 Å². The summed E-state index contributed by atoms with van der Waals surface area (Å²) >= 11 is 0. The lowest BCUT2D eigenvalue weighted by Crippen LogP contribution is -2.42. The quantitative estimate of drug-likeness (QED) is 0.655. The molecule has 0 bridgehead atoms. The molecule has 1 aromatic rings. The second-order valence-electron chi connectivity index (χ2n) is 4.58. The molecule has 7 heteroatoms. The molecule has 0 spiro atoms. The van der Waals surface area contributed by atoms with Crippen LogP contribution in [0.3, 0.4) is 0 Å². The summed E-state index contributed by atoms with van der Waals surface area (Å²) in [6.07, 6.45) is -4.50. The summed E-state index contributed by atoms with van der Waals surface area (Å²) in [6, 6.07) is 3.63. The third-order valence-corrected chi connectivity index (χ3v) is 2.78. The van der Waals surface area contributed by atoms with E-state index in [9.17, 15) is 13.2 Å². The Hall–Kier alpha value is -1.31. The van der Waals surface area contributed by atoms with Gasteiger partial charge < -0.3 is 21.3 Å². The standard InChI is InChI=1S/C12H17F3N2O2/c1-11(6-18,7-19)17-9-3-2-8(5-16)10(4-9)12(13,14)15/h2-4,17-19H,5-7,16H2,1H3. The highest BCUT2D eigenvalue weighted by atomic mass is 19.4. The van der Waals surface area contributed by atoms with Gasteiger partial charge in [-0.15, -0.1) is 0 Å². The van der Waals surface area contributed by atoms with Crippen LogP contribution >= 0.6 is 0 Å². The second-order valence-corrected chi connectivity index (χ2v) is 4.58. The Balaban J connectivity index is 3.12. The summed E-state index contributed by atoms with van der Waals surface area (Å²) in [5.41, 5.74) is 3.52. The zero-order valence-electron chi connectivity index (χ0n) is 10.5. The molecule has 19 heavy (non-hydrogen) atoms. The zero-order chi connectivity index (χ0) is 14.7.